The van der Waals surface area contributed by atoms with Gasteiger partial charge in [0.1, 0.15) is 5.76 Å². The molecule has 6 nitrogen and oxygen atoms in total. The second-order valence-corrected chi connectivity index (χ2v) is 5.91. The highest BCUT2D eigenvalue weighted by Crippen LogP contribution is 2.16. The van der Waals surface area contributed by atoms with Crippen LogP contribution in [-0.4, -0.2) is 29.0 Å². The van der Waals surface area contributed by atoms with Crippen LogP contribution in [0.25, 0.3) is 6.08 Å². The Labute approximate surface area is 141 Å². The third-order valence-electron chi connectivity index (χ3n) is 3.92. The molecule has 0 aromatic carbocycles. The molecule has 1 aliphatic heterocycles. The number of amides is 1. The van der Waals surface area contributed by atoms with E-state index >= 15 is 0 Å². The summed E-state index contributed by atoms with van der Waals surface area (Å²) in [5, 5.41) is 2.84. The van der Waals surface area contributed by atoms with Crippen molar-refractivity contribution in [2.45, 2.75) is 32.7 Å². The molecule has 3 rings (SSSR count). The Morgan fingerprint density at radius 3 is 2.92 bits per heavy atom. The van der Waals surface area contributed by atoms with Gasteiger partial charge in [0.25, 0.3) is 0 Å². The summed E-state index contributed by atoms with van der Waals surface area (Å²) in [6.07, 6.45) is 8.30. The van der Waals surface area contributed by atoms with Gasteiger partial charge in [-0.1, -0.05) is 0 Å². The third-order valence-corrected chi connectivity index (χ3v) is 3.92. The zero-order valence-electron chi connectivity index (χ0n) is 13.9. The molecule has 2 aromatic rings. The molecule has 24 heavy (non-hydrogen) atoms. The molecule has 0 saturated carbocycles. The number of hydrogen-bond donors (Lipinski definition) is 1. The molecular formula is C18H22N4O2. The van der Waals surface area contributed by atoms with E-state index in [9.17, 15) is 4.79 Å². The molecule has 6 heteroatoms. The molecule has 1 saturated heterocycles. The smallest absolute Gasteiger partial charge is 0.244 e. The molecule has 1 N–H and O–H groups in total. The summed E-state index contributed by atoms with van der Waals surface area (Å²) in [6, 6.07) is 5.48. The number of carbonyl (C=O) groups excluding carboxylic acids is 1. The first-order chi connectivity index (χ1) is 11.7. The van der Waals surface area contributed by atoms with Crippen LogP contribution >= 0.6 is 0 Å². The van der Waals surface area contributed by atoms with Gasteiger partial charge in [-0.15, -0.1) is 0 Å². The van der Waals surface area contributed by atoms with Crippen LogP contribution in [0.3, 0.4) is 0 Å². The van der Waals surface area contributed by atoms with Crippen LogP contribution in [0, 0.1) is 6.92 Å². The average molecular weight is 326 g/mol. The zero-order valence-corrected chi connectivity index (χ0v) is 13.9. The van der Waals surface area contributed by atoms with Gasteiger partial charge in [-0.3, -0.25) is 4.79 Å². The number of rotatable bonds is 5. The molecule has 1 aliphatic rings. The van der Waals surface area contributed by atoms with Gasteiger partial charge in [-0.25, -0.2) is 9.97 Å². The average Bonchev–Trinajstić information content (AvgIpc) is 3.12. The van der Waals surface area contributed by atoms with Gasteiger partial charge >= 0.3 is 0 Å². The summed E-state index contributed by atoms with van der Waals surface area (Å²) in [6.45, 7) is 4.34. The van der Waals surface area contributed by atoms with Crippen LogP contribution in [0.15, 0.2) is 35.0 Å². The molecule has 0 atom stereocenters. The van der Waals surface area contributed by atoms with E-state index in [1.54, 1.807) is 24.5 Å². The fourth-order valence-corrected chi connectivity index (χ4v) is 2.72. The third kappa shape index (κ3) is 4.44. The number of anilines is 1. The van der Waals surface area contributed by atoms with E-state index in [-0.39, 0.29) is 5.91 Å². The number of nitrogens with zero attached hydrogens (tertiary/aromatic N) is 3. The van der Waals surface area contributed by atoms with E-state index in [1.807, 2.05) is 13.0 Å². The van der Waals surface area contributed by atoms with Crippen LogP contribution in [-0.2, 0) is 11.3 Å². The predicted molar refractivity (Wildman–Crippen MR) is 92.4 cm³/mol. The topological polar surface area (TPSA) is 71.3 Å². The summed E-state index contributed by atoms with van der Waals surface area (Å²) >= 11 is 0. The van der Waals surface area contributed by atoms with Crippen LogP contribution < -0.4 is 10.2 Å². The number of carbonyl (C=O) groups is 1. The molecule has 0 bridgehead atoms. The van der Waals surface area contributed by atoms with E-state index in [4.69, 9.17) is 4.42 Å². The minimum atomic E-state index is -0.179. The van der Waals surface area contributed by atoms with E-state index in [1.165, 1.54) is 25.3 Å². The van der Waals surface area contributed by atoms with Crippen molar-refractivity contribution in [3.63, 3.8) is 0 Å². The van der Waals surface area contributed by atoms with Crippen molar-refractivity contribution >= 4 is 17.9 Å². The summed E-state index contributed by atoms with van der Waals surface area (Å²) in [5.74, 6) is 1.24. The van der Waals surface area contributed by atoms with Crippen molar-refractivity contribution in [2.24, 2.45) is 0 Å². The van der Waals surface area contributed by atoms with Gasteiger partial charge in [-0.05, 0) is 50.5 Å². The van der Waals surface area contributed by atoms with Gasteiger partial charge in [0.15, 0.2) is 0 Å². The lowest BCUT2D eigenvalue weighted by atomic mass is 10.1. The molecule has 126 valence electrons. The van der Waals surface area contributed by atoms with Crippen LogP contribution in [0.2, 0.25) is 0 Å². The van der Waals surface area contributed by atoms with Crippen molar-refractivity contribution in [3.05, 3.63) is 47.7 Å². The highest BCUT2D eigenvalue weighted by Gasteiger charge is 2.14. The summed E-state index contributed by atoms with van der Waals surface area (Å²) < 4.78 is 5.15. The fourth-order valence-electron chi connectivity index (χ4n) is 2.72. The highest BCUT2D eigenvalue weighted by atomic mass is 16.3. The van der Waals surface area contributed by atoms with Gasteiger partial charge in [0.2, 0.25) is 11.9 Å². The molecule has 3 heterocycles. The Balaban J connectivity index is 1.60. The van der Waals surface area contributed by atoms with Crippen molar-refractivity contribution in [1.29, 1.82) is 0 Å². The van der Waals surface area contributed by atoms with Crippen molar-refractivity contribution in [1.82, 2.24) is 15.3 Å². The first-order valence-corrected chi connectivity index (χ1v) is 8.29. The Bertz CT molecular complexity index is 704. The zero-order chi connectivity index (χ0) is 16.8. The lowest BCUT2D eigenvalue weighted by Gasteiger charge is -2.27. The largest absolute Gasteiger partial charge is 0.465 e. The first kappa shape index (κ1) is 16.2. The van der Waals surface area contributed by atoms with E-state index in [0.717, 1.165) is 30.4 Å². The lowest BCUT2D eigenvalue weighted by Crippen LogP contribution is -2.31. The van der Waals surface area contributed by atoms with Gasteiger partial charge in [0.05, 0.1) is 18.5 Å². The Morgan fingerprint density at radius 2 is 2.17 bits per heavy atom. The molecule has 2 aromatic heterocycles. The molecule has 0 unspecified atom stereocenters. The van der Waals surface area contributed by atoms with Gasteiger partial charge in [-0.2, -0.15) is 0 Å². The maximum absolute atomic E-state index is 11.9. The summed E-state index contributed by atoms with van der Waals surface area (Å²) in [5.41, 5.74) is 1.74. The minimum absolute atomic E-state index is 0.179. The number of piperidine rings is 1. The Hall–Kier alpha value is -2.63. The highest BCUT2D eigenvalue weighted by molar-refractivity contribution is 5.91. The normalized spacial score (nSPS) is 15.0. The van der Waals surface area contributed by atoms with E-state index in [2.05, 4.69) is 20.2 Å². The number of nitrogens with one attached hydrogen (secondary N) is 1. The number of aryl methyl sites for hydroxylation is 1. The van der Waals surface area contributed by atoms with Gasteiger partial charge in [0, 0.05) is 24.9 Å². The number of furan rings is 1. The fraction of sp³-hybridized carbons (Fsp3) is 0.389. The molecule has 0 radical (unpaired) electrons. The predicted octanol–water partition coefficient (Wildman–Crippen LogP) is 2.70. The SMILES string of the molecule is Cc1cc(CNC(=O)/C=C/c2ccco2)nc(N2CCCCC2)n1. The van der Waals surface area contributed by atoms with Crippen LogP contribution in [0.1, 0.15) is 36.4 Å². The second-order valence-electron chi connectivity index (χ2n) is 5.91. The maximum atomic E-state index is 11.9. The molecule has 0 aliphatic carbocycles. The summed E-state index contributed by atoms with van der Waals surface area (Å²) in [7, 11) is 0. The molecule has 1 amide bonds. The Kier molecular flexibility index (Phi) is 5.25. The maximum Gasteiger partial charge on any atom is 0.244 e. The minimum Gasteiger partial charge on any atom is -0.465 e. The van der Waals surface area contributed by atoms with Crippen LogP contribution in [0.4, 0.5) is 5.95 Å². The van der Waals surface area contributed by atoms with E-state index < -0.39 is 0 Å². The molecular weight excluding hydrogens is 304 g/mol. The van der Waals surface area contributed by atoms with E-state index in [0.29, 0.717) is 12.3 Å². The van der Waals surface area contributed by atoms with Crippen molar-refractivity contribution in [3.8, 4) is 0 Å². The van der Waals surface area contributed by atoms with Crippen LogP contribution in [0.5, 0.6) is 0 Å². The lowest BCUT2D eigenvalue weighted by molar-refractivity contribution is -0.116. The number of hydrogen-bond acceptors (Lipinski definition) is 5. The van der Waals surface area contributed by atoms with Gasteiger partial charge < -0.3 is 14.6 Å². The Morgan fingerprint density at radius 1 is 1.33 bits per heavy atom. The first-order valence-electron chi connectivity index (χ1n) is 8.29. The summed E-state index contributed by atoms with van der Waals surface area (Å²) in [4.78, 5) is 23.2. The number of aromatic nitrogens is 2. The quantitative estimate of drug-likeness (QED) is 0.855. The molecule has 0 spiro atoms. The monoisotopic (exact) mass is 326 g/mol. The standard InChI is InChI=1S/C18H22N4O2/c1-14-12-15(21-18(20-14)22-9-3-2-4-10-22)13-19-17(23)8-7-16-6-5-11-24-16/h5-8,11-12H,2-4,9-10,13H2,1H3,(H,19,23)/b8-7+. The van der Waals surface area contributed by atoms with Crippen molar-refractivity contribution < 1.29 is 9.21 Å². The second kappa shape index (κ2) is 7.77. The van der Waals surface area contributed by atoms with Crippen molar-refractivity contribution in [2.75, 3.05) is 18.0 Å². The molecule has 1 fully saturated rings.